The van der Waals surface area contributed by atoms with Gasteiger partial charge in [0.2, 0.25) is 5.91 Å². The van der Waals surface area contributed by atoms with E-state index in [-0.39, 0.29) is 41.7 Å². The molecule has 0 unspecified atom stereocenters. The standard InChI is InChI=1S/C34H42Br2FN7O4/c1-40-10-6-25(7-11-40)41-14-16-42(17-15-41)32(46)29(20-22-18-27(35)31(45)28(36)19-22)38-33(47)43-12-8-26(9-13-43)44-21-30(39-34(44)48)23-2-4-24(37)5-3-23/h2-5,18-19,21,25-26,29,45H,6-17,20H2,1H3,(H,38,47)(H,39,48)/t29-/m1/s1. The molecule has 14 heteroatoms. The van der Waals surface area contributed by atoms with Gasteiger partial charge in [-0.1, -0.05) is 0 Å². The fourth-order valence-electron chi connectivity index (χ4n) is 7.10. The minimum atomic E-state index is -0.793. The second-order valence-corrected chi connectivity index (χ2v) is 14.8. The van der Waals surface area contributed by atoms with Gasteiger partial charge >= 0.3 is 11.7 Å². The number of rotatable bonds is 7. The Morgan fingerprint density at radius 1 is 0.917 bits per heavy atom. The summed E-state index contributed by atoms with van der Waals surface area (Å²) in [5, 5.41) is 13.3. The Hall–Kier alpha value is -3.20. The van der Waals surface area contributed by atoms with E-state index in [1.54, 1.807) is 39.9 Å². The number of likely N-dealkylation sites (tertiary alicyclic amines) is 2. The molecular formula is C34H42Br2FN7O4. The highest BCUT2D eigenvalue weighted by Crippen LogP contribution is 2.34. The van der Waals surface area contributed by atoms with E-state index >= 15 is 0 Å². The van der Waals surface area contributed by atoms with E-state index in [1.165, 1.54) is 12.1 Å². The molecule has 4 heterocycles. The predicted octanol–water partition coefficient (Wildman–Crippen LogP) is 4.41. The number of piperazine rings is 1. The van der Waals surface area contributed by atoms with Gasteiger partial charge in [-0.05, 0) is 125 Å². The van der Waals surface area contributed by atoms with Crippen molar-refractivity contribution < 1.29 is 19.1 Å². The minimum Gasteiger partial charge on any atom is -0.506 e. The molecule has 3 saturated heterocycles. The SMILES string of the molecule is CN1CCC(N2CCN(C(=O)[C@@H](Cc3cc(Br)c(O)c(Br)c3)NC(=O)N3CCC(n4cc(-c5ccc(F)cc5)[nH]c4=O)CC3)CC2)CC1. The molecule has 3 amide bonds. The van der Waals surface area contributed by atoms with Crippen LogP contribution in [0.2, 0.25) is 0 Å². The number of phenols is 1. The minimum absolute atomic E-state index is 0.0740. The maximum atomic E-state index is 14.0. The highest BCUT2D eigenvalue weighted by molar-refractivity contribution is 9.11. The number of aromatic nitrogens is 2. The van der Waals surface area contributed by atoms with Crippen molar-refractivity contribution in [3.05, 3.63) is 73.4 Å². The summed E-state index contributed by atoms with van der Waals surface area (Å²) < 4.78 is 16.1. The molecule has 2 aromatic carbocycles. The van der Waals surface area contributed by atoms with Crippen molar-refractivity contribution in [2.24, 2.45) is 0 Å². The molecule has 3 aliphatic heterocycles. The van der Waals surface area contributed by atoms with Gasteiger partial charge in [0, 0.05) is 64.0 Å². The molecule has 48 heavy (non-hydrogen) atoms. The lowest BCUT2D eigenvalue weighted by molar-refractivity contribution is -0.135. The van der Waals surface area contributed by atoms with E-state index in [4.69, 9.17) is 0 Å². The molecule has 3 fully saturated rings. The van der Waals surface area contributed by atoms with Gasteiger partial charge in [-0.15, -0.1) is 0 Å². The van der Waals surface area contributed by atoms with Crippen LogP contribution in [0.5, 0.6) is 5.75 Å². The number of benzene rings is 2. The summed E-state index contributed by atoms with van der Waals surface area (Å²) in [4.78, 5) is 51.8. The molecule has 0 radical (unpaired) electrons. The molecule has 0 saturated carbocycles. The van der Waals surface area contributed by atoms with Crippen LogP contribution in [0.1, 0.15) is 37.3 Å². The zero-order chi connectivity index (χ0) is 33.9. The molecular weight excluding hydrogens is 749 g/mol. The Balaban J connectivity index is 1.10. The van der Waals surface area contributed by atoms with E-state index in [2.05, 4.69) is 59.0 Å². The number of H-pyrrole nitrogens is 1. The molecule has 1 atom stereocenters. The summed E-state index contributed by atoms with van der Waals surface area (Å²) in [5.74, 6) is -0.386. The molecule has 0 aliphatic carbocycles. The number of hydrogen-bond donors (Lipinski definition) is 3. The summed E-state index contributed by atoms with van der Waals surface area (Å²) in [7, 11) is 2.16. The number of nitrogens with one attached hydrogen (secondary N) is 2. The van der Waals surface area contributed by atoms with Crippen LogP contribution in [0.15, 0.2) is 56.3 Å². The van der Waals surface area contributed by atoms with Crippen LogP contribution >= 0.6 is 31.9 Å². The van der Waals surface area contributed by atoms with Crippen molar-refractivity contribution in [1.29, 1.82) is 0 Å². The zero-order valence-corrected chi connectivity index (χ0v) is 30.2. The maximum Gasteiger partial charge on any atom is 0.326 e. The number of aromatic amines is 1. The first kappa shape index (κ1) is 34.7. The van der Waals surface area contributed by atoms with Gasteiger partial charge in [0.05, 0.1) is 14.6 Å². The highest BCUT2D eigenvalue weighted by atomic mass is 79.9. The van der Waals surface area contributed by atoms with Crippen LogP contribution in [-0.4, -0.2) is 118 Å². The molecule has 0 spiro atoms. The number of aromatic hydroxyl groups is 1. The Labute approximate surface area is 296 Å². The lowest BCUT2D eigenvalue weighted by Crippen LogP contribution is -2.59. The van der Waals surface area contributed by atoms with Gasteiger partial charge in [0.25, 0.3) is 0 Å². The van der Waals surface area contributed by atoms with Crippen molar-refractivity contribution in [3.63, 3.8) is 0 Å². The van der Waals surface area contributed by atoms with Gasteiger partial charge in [-0.25, -0.2) is 14.0 Å². The predicted molar refractivity (Wildman–Crippen MR) is 188 cm³/mol. The van der Waals surface area contributed by atoms with E-state index in [9.17, 15) is 23.9 Å². The van der Waals surface area contributed by atoms with Crippen LogP contribution in [-0.2, 0) is 11.2 Å². The van der Waals surface area contributed by atoms with Gasteiger partial charge in [0.15, 0.2) is 0 Å². The second kappa shape index (κ2) is 15.1. The third-order valence-electron chi connectivity index (χ3n) is 9.99. The second-order valence-electron chi connectivity index (χ2n) is 13.1. The number of nitrogens with zero attached hydrogens (tertiary/aromatic N) is 5. The van der Waals surface area contributed by atoms with Crippen molar-refractivity contribution in [1.82, 2.24) is 34.5 Å². The summed E-state index contributed by atoms with van der Waals surface area (Å²) in [5.41, 5.74) is 1.87. The van der Waals surface area contributed by atoms with E-state index in [1.807, 2.05) is 4.90 Å². The summed E-state index contributed by atoms with van der Waals surface area (Å²) >= 11 is 6.78. The molecule has 6 rings (SSSR count). The number of carbonyl (C=O) groups is 2. The largest absolute Gasteiger partial charge is 0.506 e. The van der Waals surface area contributed by atoms with Crippen LogP contribution < -0.4 is 11.0 Å². The lowest BCUT2D eigenvalue weighted by atomic mass is 10.0. The van der Waals surface area contributed by atoms with Gasteiger partial charge in [0.1, 0.15) is 17.6 Å². The Morgan fingerprint density at radius 2 is 1.52 bits per heavy atom. The van der Waals surface area contributed by atoms with E-state index < -0.39 is 6.04 Å². The van der Waals surface area contributed by atoms with Crippen LogP contribution in [0.4, 0.5) is 9.18 Å². The van der Waals surface area contributed by atoms with Crippen LogP contribution in [0, 0.1) is 5.82 Å². The molecule has 11 nitrogen and oxygen atoms in total. The first-order chi connectivity index (χ1) is 23.0. The number of carbonyl (C=O) groups excluding carboxylic acids is 2. The first-order valence-electron chi connectivity index (χ1n) is 16.6. The Kier molecular flexibility index (Phi) is 10.9. The van der Waals surface area contributed by atoms with Crippen LogP contribution in [0.25, 0.3) is 11.3 Å². The number of imidazole rings is 1. The van der Waals surface area contributed by atoms with E-state index in [0.29, 0.717) is 59.7 Å². The first-order valence-corrected chi connectivity index (χ1v) is 18.1. The number of piperidine rings is 2. The molecule has 3 aromatic rings. The smallest absolute Gasteiger partial charge is 0.326 e. The lowest BCUT2D eigenvalue weighted by Gasteiger charge is -2.43. The van der Waals surface area contributed by atoms with Crippen LogP contribution in [0.3, 0.4) is 0 Å². The topological polar surface area (TPSA) is 117 Å². The fourth-order valence-corrected chi connectivity index (χ4v) is 8.39. The Bertz CT molecular complexity index is 1640. The molecule has 258 valence electrons. The maximum absolute atomic E-state index is 14.0. The average Bonchev–Trinajstić information content (AvgIpc) is 3.48. The van der Waals surface area contributed by atoms with Crippen molar-refractivity contribution in [2.75, 3.05) is 59.4 Å². The third kappa shape index (κ3) is 7.98. The molecule has 3 aliphatic rings. The van der Waals surface area contributed by atoms with Crippen molar-refractivity contribution >= 4 is 43.8 Å². The van der Waals surface area contributed by atoms with Gasteiger partial charge in [-0.3, -0.25) is 14.3 Å². The molecule has 1 aromatic heterocycles. The molecule has 0 bridgehead atoms. The summed E-state index contributed by atoms with van der Waals surface area (Å²) in [6, 6.07) is 8.83. The zero-order valence-electron chi connectivity index (χ0n) is 27.0. The monoisotopic (exact) mass is 789 g/mol. The number of amides is 3. The number of urea groups is 1. The number of halogens is 3. The summed E-state index contributed by atoms with van der Waals surface area (Å²) in [6.07, 6.45) is 5.44. The third-order valence-corrected chi connectivity index (χ3v) is 11.2. The quantitative estimate of drug-likeness (QED) is 0.327. The van der Waals surface area contributed by atoms with Gasteiger partial charge in [-0.2, -0.15) is 0 Å². The Morgan fingerprint density at radius 3 is 2.15 bits per heavy atom. The van der Waals surface area contributed by atoms with Crippen molar-refractivity contribution in [2.45, 2.75) is 50.2 Å². The number of phenolic OH excluding ortho intramolecular Hbond substituents is 1. The fraction of sp³-hybridized carbons (Fsp3) is 0.500. The summed E-state index contributed by atoms with van der Waals surface area (Å²) in [6.45, 7) is 5.86. The number of hydrogen-bond acceptors (Lipinski definition) is 6. The van der Waals surface area contributed by atoms with Crippen molar-refractivity contribution in [3.8, 4) is 17.0 Å². The normalized spacial score (nSPS) is 19.4. The van der Waals surface area contributed by atoms with E-state index in [0.717, 1.165) is 50.1 Å². The highest BCUT2D eigenvalue weighted by Gasteiger charge is 2.34. The average molecular weight is 792 g/mol. The van der Waals surface area contributed by atoms with Gasteiger partial charge < -0.3 is 30.1 Å². The molecule has 3 N–H and O–H groups in total.